The van der Waals surface area contributed by atoms with E-state index in [9.17, 15) is 8.42 Å². The maximum Gasteiger partial charge on any atom is 0.240 e. The zero-order chi connectivity index (χ0) is 15.1. The van der Waals surface area contributed by atoms with Crippen LogP contribution < -0.4 is 10.0 Å². The summed E-state index contributed by atoms with van der Waals surface area (Å²) in [6.45, 7) is 1.17. The second-order valence-electron chi connectivity index (χ2n) is 4.66. The van der Waals surface area contributed by atoms with E-state index in [1.807, 2.05) is 24.6 Å². The summed E-state index contributed by atoms with van der Waals surface area (Å²) >= 11 is 1.45. The number of aromatic nitrogens is 1. The van der Waals surface area contributed by atoms with Crippen LogP contribution in [-0.2, 0) is 23.0 Å². The summed E-state index contributed by atoms with van der Waals surface area (Å²) in [6.07, 6.45) is 1.97. The number of rotatable bonds is 8. The van der Waals surface area contributed by atoms with Crippen molar-refractivity contribution in [2.75, 3.05) is 13.6 Å². The molecule has 2 rings (SSSR count). The summed E-state index contributed by atoms with van der Waals surface area (Å²) in [5.74, 6) is 0. The Balaban J connectivity index is 1.96. The van der Waals surface area contributed by atoms with Crippen molar-refractivity contribution in [2.45, 2.75) is 24.3 Å². The fourth-order valence-corrected chi connectivity index (χ4v) is 3.44. The molecule has 0 aliphatic carbocycles. The Kier molecular flexibility index (Phi) is 5.86. The van der Waals surface area contributed by atoms with Gasteiger partial charge in [0.15, 0.2) is 0 Å². The first kappa shape index (κ1) is 16.1. The molecule has 2 N–H and O–H groups in total. The second kappa shape index (κ2) is 7.65. The molecule has 0 spiro atoms. The first-order chi connectivity index (χ1) is 10.1. The van der Waals surface area contributed by atoms with Crippen molar-refractivity contribution >= 4 is 21.4 Å². The highest BCUT2D eigenvalue weighted by Gasteiger charge is 2.13. The van der Waals surface area contributed by atoms with Crippen molar-refractivity contribution in [3.63, 3.8) is 0 Å². The van der Waals surface area contributed by atoms with Crippen molar-refractivity contribution in [2.24, 2.45) is 0 Å². The lowest BCUT2D eigenvalue weighted by atomic mass is 10.1. The van der Waals surface area contributed by atoms with Crippen LogP contribution in [0.1, 0.15) is 17.7 Å². The molecule has 1 aromatic carbocycles. The van der Waals surface area contributed by atoms with Gasteiger partial charge in [-0.05, 0) is 44.1 Å². The predicted molar refractivity (Wildman–Crippen MR) is 84.8 cm³/mol. The van der Waals surface area contributed by atoms with E-state index in [0.29, 0.717) is 0 Å². The molecular weight excluding hydrogens is 306 g/mol. The molecule has 1 aromatic heterocycles. The number of sulfonamides is 1. The quantitative estimate of drug-likeness (QED) is 0.726. The minimum absolute atomic E-state index is 0.218. The summed E-state index contributed by atoms with van der Waals surface area (Å²) in [4.78, 5) is 4.34. The molecule has 0 saturated heterocycles. The highest BCUT2D eigenvalue weighted by Crippen LogP contribution is 2.12. The number of nitrogens with one attached hydrogen (secondary N) is 2. The zero-order valence-electron chi connectivity index (χ0n) is 11.9. The largest absolute Gasteiger partial charge is 0.320 e. The summed E-state index contributed by atoms with van der Waals surface area (Å²) in [5, 5.41) is 4.92. The molecule has 5 nitrogen and oxygen atoms in total. The molecule has 7 heteroatoms. The lowest BCUT2D eigenvalue weighted by Gasteiger charge is -2.07. The van der Waals surface area contributed by atoms with Gasteiger partial charge in [0.2, 0.25) is 10.0 Å². The summed E-state index contributed by atoms with van der Waals surface area (Å²) in [7, 11) is -1.56. The highest BCUT2D eigenvalue weighted by molar-refractivity contribution is 7.89. The van der Waals surface area contributed by atoms with E-state index in [1.54, 1.807) is 17.6 Å². The van der Waals surface area contributed by atoms with Crippen molar-refractivity contribution in [3.05, 3.63) is 46.4 Å². The van der Waals surface area contributed by atoms with E-state index in [2.05, 4.69) is 15.0 Å². The Hall–Kier alpha value is -1.28. The molecule has 2 aromatic rings. The van der Waals surface area contributed by atoms with Gasteiger partial charge in [-0.3, -0.25) is 0 Å². The maximum atomic E-state index is 12.2. The maximum absolute atomic E-state index is 12.2. The number of benzene rings is 1. The smallest absolute Gasteiger partial charge is 0.240 e. The van der Waals surface area contributed by atoms with E-state index in [-0.39, 0.29) is 11.4 Å². The molecule has 0 unspecified atom stereocenters. The molecule has 0 aliphatic rings. The van der Waals surface area contributed by atoms with Gasteiger partial charge in [-0.2, -0.15) is 0 Å². The van der Waals surface area contributed by atoms with Crippen LogP contribution in [0.3, 0.4) is 0 Å². The Morgan fingerprint density at radius 3 is 2.62 bits per heavy atom. The Morgan fingerprint density at radius 2 is 2.00 bits per heavy atom. The number of thiazole rings is 1. The van der Waals surface area contributed by atoms with Gasteiger partial charge in [-0.1, -0.05) is 12.1 Å². The zero-order valence-corrected chi connectivity index (χ0v) is 13.5. The third-order valence-electron chi connectivity index (χ3n) is 3.05. The van der Waals surface area contributed by atoms with E-state index in [0.717, 1.165) is 30.6 Å². The molecule has 0 saturated carbocycles. The third kappa shape index (κ3) is 4.89. The molecule has 0 amide bonds. The molecule has 0 atom stereocenters. The van der Waals surface area contributed by atoms with Crippen LogP contribution in [0.4, 0.5) is 0 Å². The van der Waals surface area contributed by atoms with Gasteiger partial charge in [-0.25, -0.2) is 18.1 Å². The SMILES string of the molecule is CNCCCc1ccc(S(=O)(=O)NCc2cscn2)cc1. The summed E-state index contributed by atoms with van der Waals surface area (Å²) < 4.78 is 26.9. The lowest BCUT2D eigenvalue weighted by molar-refractivity contribution is 0.580. The molecule has 1 heterocycles. The van der Waals surface area contributed by atoms with Crippen molar-refractivity contribution in [1.29, 1.82) is 0 Å². The van der Waals surface area contributed by atoms with Gasteiger partial charge < -0.3 is 5.32 Å². The van der Waals surface area contributed by atoms with E-state index in [4.69, 9.17) is 0 Å². The van der Waals surface area contributed by atoms with Crippen LogP contribution in [0.2, 0.25) is 0 Å². The van der Waals surface area contributed by atoms with Crippen molar-refractivity contribution < 1.29 is 8.42 Å². The van der Waals surface area contributed by atoms with Crippen LogP contribution >= 0.6 is 11.3 Å². The Bertz CT molecular complexity index is 637. The second-order valence-corrected chi connectivity index (χ2v) is 7.14. The minimum atomic E-state index is -3.48. The van der Waals surface area contributed by atoms with Crippen LogP contribution in [0.15, 0.2) is 40.1 Å². The van der Waals surface area contributed by atoms with Gasteiger partial charge >= 0.3 is 0 Å². The van der Waals surface area contributed by atoms with E-state index < -0.39 is 10.0 Å². The lowest BCUT2D eigenvalue weighted by Crippen LogP contribution is -2.23. The normalized spacial score (nSPS) is 11.7. The summed E-state index contributed by atoms with van der Waals surface area (Å²) in [6, 6.07) is 7.04. The first-order valence-corrected chi connectivity index (χ1v) is 9.15. The van der Waals surface area contributed by atoms with Crippen LogP contribution in [0, 0.1) is 0 Å². The van der Waals surface area contributed by atoms with Gasteiger partial charge in [0.05, 0.1) is 22.6 Å². The van der Waals surface area contributed by atoms with Crippen LogP contribution in [0.25, 0.3) is 0 Å². The van der Waals surface area contributed by atoms with Gasteiger partial charge in [0.25, 0.3) is 0 Å². The molecule has 114 valence electrons. The average Bonchev–Trinajstić information content (AvgIpc) is 3.00. The fourth-order valence-electron chi connectivity index (χ4n) is 1.88. The highest BCUT2D eigenvalue weighted by atomic mass is 32.2. The number of hydrogen-bond acceptors (Lipinski definition) is 5. The number of aryl methyl sites for hydroxylation is 1. The Labute approximate surface area is 129 Å². The predicted octanol–water partition coefficient (Wildman–Crippen LogP) is 1.77. The van der Waals surface area contributed by atoms with Crippen molar-refractivity contribution in [3.8, 4) is 0 Å². The average molecular weight is 325 g/mol. The fraction of sp³-hybridized carbons (Fsp3) is 0.357. The summed E-state index contributed by atoms with van der Waals surface area (Å²) in [5.41, 5.74) is 3.56. The van der Waals surface area contributed by atoms with Gasteiger partial charge in [0.1, 0.15) is 0 Å². The Morgan fingerprint density at radius 1 is 1.24 bits per heavy atom. The van der Waals surface area contributed by atoms with Crippen LogP contribution in [-0.4, -0.2) is 27.0 Å². The molecule has 0 fully saturated rings. The molecule has 0 bridgehead atoms. The van der Waals surface area contributed by atoms with Gasteiger partial charge in [0, 0.05) is 5.38 Å². The molecule has 0 radical (unpaired) electrons. The number of hydrogen-bond donors (Lipinski definition) is 2. The number of nitrogens with zero attached hydrogens (tertiary/aromatic N) is 1. The topological polar surface area (TPSA) is 71.1 Å². The monoisotopic (exact) mass is 325 g/mol. The first-order valence-electron chi connectivity index (χ1n) is 6.72. The standard InChI is InChI=1S/C14H19N3O2S2/c1-15-8-2-3-12-4-6-14(7-5-12)21(18,19)17-9-13-10-20-11-16-13/h4-7,10-11,15,17H,2-3,8-9H2,1H3. The van der Waals surface area contributed by atoms with Crippen molar-refractivity contribution in [1.82, 2.24) is 15.0 Å². The third-order valence-corrected chi connectivity index (χ3v) is 5.11. The van der Waals surface area contributed by atoms with E-state index in [1.165, 1.54) is 11.3 Å². The molecule has 0 aliphatic heterocycles. The van der Waals surface area contributed by atoms with E-state index >= 15 is 0 Å². The van der Waals surface area contributed by atoms with Gasteiger partial charge in [-0.15, -0.1) is 11.3 Å². The van der Waals surface area contributed by atoms with Crippen LogP contribution in [0.5, 0.6) is 0 Å². The minimum Gasteiger partial charge on any atom is -0.320 e. The molecule has 21 heavy (non-hydrogen) atoms. The molecular formula is C14H19N3O2S2.